The van der Waals surface area contributed by atoms with Gasteiger partial charge in [-0.1, -0.05) is 11.3 Å². The molecule has 3 aromatic rings. The van der Waals surface area contributed by atoms with Crippen LogP contribution in [0.1, 0.15) is 45.7 Å². The number of nitrogens with one attached hydrogen (secondary N) is 1. The summed E-state index contributed by atoms with van der Waals surface area (Å²) in [5, 5.41) is 3.71. The maximum Gasteiger partial charge on any atom is 0.317 e. The number of methoxy groups -OCH3 is 1. The smallest absolute Gasteiger partial charge is 0.317 e. The van der Waals surface area contributed by atoms with E-state index >= 15 is 0 Å². The van der Waals surface area contributed by atoms with Crippen LogP contribution in [-0.2, 0) is 0 Å². The quantitative estimate of drug-likeness (QED) is 0.553. The summed E-state index contributed by atoms with van der Waals surface area (Å²) in [4.78, 5) is 46.1. The Kier molecular flexibility index (Phi) is 5.73. The van der Waals surface area contributed by atoms with Crippen molar-refractivity contribution < 1.29 is 19.1 Å². The van der Waals surface area contributed by atoms with Gasteiger partial charge in [0.1, 0.15) is 15.6 Å². The number of primary amides is 1. The molecule has 0 atom stereocenters. The minimum absolute atomic E-state index is 0.116. The van der Waals surface area contributed by atoms with Crippen LogP contribution in [0.15, 0.2) is 35.2 Å². The molecule has 3 N–H and O–H groups in total. The molecule has 0 aliphatic carbocycles. The molecule has 4 heterocycles. The van der Waals surface area contributed by atoms with E-state index in [2.05, 4.69) is 10.3 Å². The third-order valence-corrected chi connectivity index (χ3v) is 8.98. The third-order valence-electron chi connectivity index (χ3n) is 6.40. The number of rotatable bonds is 3. The van der Waals surface area contributed by atoms with Gasteiger partial charge in [0, 0.05) is 45.8 Å². The molecule has 176 valence electrons. The number of nitrogens with two attached hydrogens (primary N) is 1. The van der Waals surface area contributed by atoms with Crippen molar-refractivity contribution in [1.29, 1.82) is 0 Å². The molecular weight excluding hydrogens is 472 g/mol. The number of ketones is 1. The van der Waals surface area contributed by atoms with Crippen LogP contribution < -0.4 is 15.8 Å². The molecule has 0 saturated carbocycles. The van der Waals surface area contributed by atoms with Gasteiger partial charge in [-0.3, -0.25) is 14.9 Å². The first kappa shape index (κ1) is 22.7. The maximum absolute atomic E-state index is 13.6. The Labute approximate surface area is 204 Å². The van der Waals surface area contributed by atoms with E-state index < -0.39 is 6.03 Å². The number of amides is 3. The number of ether oxygens (including phenoxy) is 1. The van der Waals surface area contributed by atoms with E-state index in [1.54, 1.807) is 29.8 Å². The number of aromatic nitrogens is 1. The minimum Gasteiger partial charge on any atom is -0.497 e. The highest BCUT2D eigenvalue weighted by atomic mass is 32.2. The van der Waals surface area contributed by atoms with Crippen LogP contribution in [0.3, 0.4) is 0 Å². The average molecular weight is 497 g/mol. The van der Waals surface area contributed by atoms with Gasteiger partial charge in [0.05, 0.1) is 12.7 Å². The molecule has 10 heteroatoms. The van der Waals surface area contributed by atoms with E-state index in [-0.39, 0.29) is 16.4 Å². The van der Waals surface area contributed by atoms with Crippen molar-refractivity contribution in [2.24, 2.45) is 5.73 Å². The molecule has 5 rings (SSSR count). The number of hydrogen-bond donors (Lipinski definition) is 2. The number of thioether (sulfide) groups is 1. The van der Waals surface area contributed by atoms with Gasteiger partial charge in [-0.25, -0.2) is 9.78 Å². The number of anilines is 1. The highest BCUT2D eigenvalue weighted by Gasteiger charge is 2.43. The molecule has 2 aliphatic rings. The molecule has 1 saturated heterocycles. The summed E-state index contributed by atoms with van der Waals surface area (Å²) in [6, 6.07) is 8.62. The number of nitrogens with zero attached hydrogens (tertiary/aromatic N) is 2. The molecule has 34 heavy (non-hydrogen) atoms. The molecule has 3 amide bonds. The van der Waals surface area contributed by atoms with Crippen molar-refractivity contribution in [3.8, 4) is 5.75 Å². The fourth-order valence-corrected chi connectivity index (χ4v) is 7.23. The van der Waals surface area contributed by atoms with E-state index in [0.717, 1.165) is 10.6 Å². The first-order valence-electron chi connectivity index (χ1n) is 10.9. The predicted octanol–water partition coefficient (Wildman–Crippen LogP) is 4.46. The van der Waals surface area contributed by atoms with Crippen molar-refractivity contribution in [3.05, 3.63) is 47.2 Å². The number of likely N-dealkylation sites (tertiary alicyclic amines) is 1. The van der Waals surface area contributed by atoms with Crippen LogP contribution in [0, 0.1) is 6.92 Å². The largest absolute Gasteiger partial charge is 0.497 e. The third kappa shape index (κ3) is 4.01. The van der Waals surface area contributed by atoms with Crippen LogP contribution in [0.25, 0.3) is 10.2 Å². The van der Waals surface area contributed by atoms with Crippen molar-refractivity contribution in [2.75, 3.05) is 25.5 Å². The Morgan fingerprint density at radius 2 is 1.97 bits per heavy atom. The van der Waals surface area contributed by atoms with Crippen molar-refractivity contribution in [3.63, 3.8) is 0 Å². The molecule has 8 nitrogen and oxygen atoms in total. The van der Waals surface area contributed by atoms with Gasteiger partial charge in [0.2, 0.25) is 0 Å². The topological polar surface area (TPSA) is 115 Å². The normalized spacial score (nSPS) is 17.0. The summed E-state index contributed by atoms with van der Waals surface area (Å²) in [5.74, 6) is 0.635. The van der Waals surface area contributed by atoms with Gasteiger partial charge in [0.25, 0.3) is 5.91 Å². The SMILES string of the molecule is COc1ccc2c(c1)C(=O)CC1(CCN(C(=O)c3c(NC(N)=O)sc4nc(C)ccc34)CC1)S2. The first-order chi connectivity index (χ1) is 16.3. The number of fused-ring (bicyclic) bond motifs is 2. The van der Waals surface area contributed by atoms with Crippen molar-refractivity contribution in [1.82, 2.24) is 9.88 Å². The number of benzene rings is 1. The number of aryl methyl sites for hydroxylation is 1. The number of hydrogen-bond acceptors (Lipinski definition) is 7. The summed E-state index contributed by atoms with van der Waals surface area (Å²) in [6.45, 7) is 2.93. The molecule has 2 aliphatic heterocycles. The summed E-state index contributed by atoms with van der Waals surface area (Å²) in [6.07, 6.45) is 1.86. The highest BCUT2D eigenvalue weighted by molar-refractivity contribution is 8.01. The highest BCUT2D eigenvalue weighted by Crippen LogP contribution is 2.50. The first-order valence-corrected chi connectivity index (χ1v) is 12.6. The fraction of sp³-hybridized carbons (Fsp3) is 0.333. The number of thiophene rings is 1. The van der Waals surface area contributed by atoms with Crippen LogP contribution in [-0.4, -0.2) is 52.6 Å². The number of piperidine rings is 1. The Bertz CT molecular complexity index is 1330. The number of carbonyl (C=O) groups is 3. The minimum atomic E-state index is -0.720. The van der Waals surface area contributed by atoms with E-state index in [4.69, 9.17) is 10.5 Å². The molecule has 0 bridgehead atoms. The maximum atomic E-state index is 13.6. The van der Waals surface area contributed by atoms with E-state index in [9.17, 15) is 14.4 Å². The van der Waals surface area contributed by atoms with Gasteiger partial charge >= 0.3 is 6.03 Å². The van der Waals surface area contributed by atoms with Gasteiger partial charge < -0.3 is 15.4 Å². The van der Waals surface area contributed by atoms with Gasteiger partial charge in [0.15, 0.2) is 5.78 Å². The molecule has 1 spiro atoms. The zero-order valence-corrected chi connectivity index (χ0v) is 20.5. The number of urea groups is 1. The van der Waals surface area contributed by atoms with Crippen molar-refractivity contribution >= 4 is 56.0 Å². The lowest BCUT2D eigenvalue weighted by molar-refractivity contribution is 0.0699. The summed E-state index contributed by atoms with van der Waals surface area (Å²) in [7, 11) is 1.59. The lowest BCUT2D eigenvalue weighted by Crippen LogP contribution is -2.47. The Morgan fingerprint density at radius 3 is 2.68 bits per heavy atom. The molecular formula is C24H24N4O4S2. The van der Waals surface area contributed by atoms with Crippen LogP contribution >= 0.6 is 23.1 Å². The lowest BCUT2D eigenvalue weighted by atomic mass is 9.87. The predicted molar refractivity (Wildman–Crippen MR) is 133 cm³/mol. The standard InChI is InChI=1S/C24H24N4O4S2/c1-13-3-5-15-19(21(27-23(25)31)33-20(15)26-13)22(30)28-9-7-24(8-10-28)12-17(29)16-11-14(32-2)4-6-18(16)34-24/h3-6,11H,7-10,12H2,1-2H3,(H3,25,27,31). The molecule has 1 fully saturated rings. The summed E-state index contributed by atoms with van der Waals surface area (Å²) < 4.78 is 5.05. The van der Waals surface area contributed by atoms with Crippen molar-refractivity contribution in [2.45, 2.75) is 35.8 Å². The summed E-state index contributed by atoms with van der Waals surface area (Å²) >= 11 is 2.98. The Hall–Kier alpha value is -3.11. The second-order valence-electron chi connectivity index (χ2n) is 8.64. The van der Waals surface area contributed by atoms with Gasteiger partial charge in [-0.15, -0.1) is 11.8 Å². The monoisotopic (exact) mass is 496 g/mol. The molecule has 0 radical (unpaired) electrons. The number of pyridine rings is 1. The molecule has 0 unspecified atom stereocenters. The fourth-order valence-electron chi connectivity index (χ4n) is 4.64. The second kappa shape index (κ2) is 8.59. The van der Waals surface area contributed by atoms with Crippen LogP contribution in [0.2, 0.25) is 0 Å². The Morgan fingerprint density at radius 1 is 1.21 bits per heavy atom. The molecule has 1 aromatic carbocycles. The van der Waals surface area contributed by atoms with Gasteiger partial charge in [-0.2, -0.15) is 0 Å². The van der Waals surface area contributed by atoms with E-state index in [1.807, 2.05) is 31.2 Å². The second-order valence-corrected chi connectivity index (χ2v) is 11.1. The Balaban J connectivity index is 1.38. The summed E-state index contributed by atoms with van der Waals surface area (Å²) in [5.41, 5.74) is 7.32. The van der Waals surface area contributed by atoms with E-state index in [0.29, 0.717) is 64.4 Å². The number of Topliss-reactive ketones (excluding diaryl/α,β-unsaturated/α-hetero) is 1. The zero-order chi connectivity index (χ0) is 24.0. The number of carbonyl (C=O) groups excluding carboxylic acids is 3. The molecule has 2 aromatic heterocycles. The average Bonchev–Trinajstić information content (AvgIpc) is 3.15. The zero-order valence-electron chi connectivity index (χ0n) is 18.8. The van der Waals surface area contributed by atoms with Gasteiger partial charge in [-0.05, 0) is 50.1 Å². The lowest BCUT2D eigenvalue weighted by Gasteiger charge is -2.43. The van der Waals surface area contributed by atoms with Crippen LogP contribution in [0.5, 0.6) is 5.75 Å². The van der Waals surface area contributed by atoms with Crippen LogP contribution in [0.4, 0.5) is 9.80 Å². The van der Waals surface area contributed by atoms with E-state index in [1.165, 1.54) is 11.3 Å².